The highest BCUT2D eigenvalue weighted by molar-refractivity contribution is 7.17. The Balaban J connectivity index is 2.53. The van der Waals surface area contributed by atoms with Crippen molar-refractivity contribution in [3.05, 3.63) is 11.1 Å². The Hall–Kier alpha value is -1.10. The Morgan fingerprint density at radius 1 is 1.60 bits per heavy atom. The van der Waals surface area contributed by atoms with Gasteiger partial charge in [-0.3, -0.25) is 0 Å². The van der Waals surface area contributed by atoms with Gasteiger partial charge in [0.15, 0.2) is 5.13 Å². The molecule has 1 unspecified atom stereocenters. The third-order valence-electron chi connectivity index (χ3n) is 1.91. The number of carboxylic acid groups (broad SMARTS) is 1. The first-order valence-corrected chi connectivity index (χ1v) is 5.76. The summed E-state index contributed by atoms with van der Waals surface area (Å²) in [6, 6.07) is 0.317. The summed E-state index contributed by atoms with van der Waals surface area (Å²) >= 11 is 1.17. The Kier molecular flexibility index (Phi) is 4.08. The number of anilines is 1. The molecule has 1 aromatic heterocycles. The lowest BCUT2D eigenvalue weighted by atomic mass is 10.1. The number of aromatic carboxylic acids is 1. The van der Waals surface area contributed by atoms with E-state index in [4.69, 9.17) is 5.11 Å². The van der Waals surface area contributed by atoms with E-state index in [0.717, 1.165) is 6.42 Å². The molecule has 1 atom stereocenters. The zero-order chi connectivity index (χ0) is 11.4. The van der Waals surface area contributed by atoms with Gasteiger partial charge in [0.25, 0.3) is 0 Å². The summed E-state index contributed by atoms with van der Waals surface area (Å²) in [6.07, 6.45) is 2.43. The number of aromatic nitrogens is 1. The van der Waals surface area contributed by atoms with E-state index in [1.807, 2.05) is 0 Å². The molecule has 4 nitrogen and oxygen atoms in total. The SMILES string of the molecule is CC(C)CC(C)Nc1ncc(C(=O)O)s1. The average Bonchev–Trinajstić information content (AvgIpc) is 2.50. The maximum Gasteiger partial charge on any atom is 0.347 e. The van der Waals surface area contributed by atoms with Gasteiger partial charge in [-0.2, -0.15) is 0 Å². The number of nitrogens with one attached hydrogen (secondary N) is 1. The molecule has 0 aromatic carbocycles. The quantitative estimate of drug-likeness (QED) is 0.813. The van der Waals surface area contributed by atoms with Crippen molar-refractivity contribution in [2.75, 3.05) is 5.32 Å². The van der Waals surface area contributed by atoms with Crippen LogP contribution in [0.25, 0.3) is 0 Å². The highest BCUT2D eigenvalue weighted by Gasteiger charge is 2.10. The average molecular weight is 228 g/mol. The lowest BCUT2D eigenvalue weighted by molar-refractivity contribution is 0.0702. The van der Waals surface area contributed by atoms with Crippen LogP contribution in [0.4, 0.5) is 5.13 Å². The van der Waals surface area contributed by atoms with Crippen LogP contribution in [0.15, 0.2) is 6.20 Å². The molecule has 0 aliphatic heterocycles. The molecule has 0 spiro atoms. The van der Waals surface area contributed by atoms with Crippen LogP contribution in [0.2, 0.25) is 0 Å². The standard InChI is InChI=1S/C10H16N2O2S/c1-6(2)4-7(3)12-10-11-5-8(15-10)9(13)14/h5-7H,4H2,1-3H3,(H,11,12)(H,13,14). The van der Waals surface area contributed by atoms with Crippen LogP contribution in [0.3, 0.4) is 0 Å². The number of carboxylic acids is 1. The predicted octanol–water partition coefficient (Wildman–Crippen LogP) is 2.69. The molecule has 1 rings (SSSR count). The predicted molar refractivity (Wildman–Crippen MR) is 61.6 cm³/mol. The molecule has 15 heavy (non-hydrogen) atoms. The van der Waals surface area contributed by atoms with Crippen LogP contribution in [-0.4, -0.2) is 22.1 Å². The second kappa shape index (κ2) is 5.11. The monoisotopic (exact) mass is 228 g/mol. The van der Waals surface area contributed by atoms with Crippen LogP contribution in [0, 0.1) is 5.92 Å². The Labute approximate surface area is 93.4 Å². The lowest BCUT2D eigenvalue weighted by Gasteiger charge is -2.14. The number of nitrogens with zero attached hydrogens (tertiary/aromatic N) is 1. The van der Waals surface area contributed by atoms with Crippen LogP contribution in [0.1, 0.15) is 36.9 Å². The molecule has 0 fully saturated rings. The number of carbonyl (C=O) groups is 1. The van der Waals surface area contributed by atoms with Crippen LogP contribution in [-0.2, 0) is 0 Å². The van der Waals surface area contributed by atoms with Crippen LogP contribution < -0.4 is 5.32 Å². The van der Waals surface area contributed by atoms with Crippen molar-refractivity contribution < 1.29 is 9.90 Å². The molecule has 1 heterocycles. The number of hydrogen-bond donors (Lipinski definition) is 2. The Morgan fingerprint density at radius 3 is 2.73 bits per heavy atom. The molecule has 0 saturated carbocycles. The van der Waals surface area contributed by atoms with Gasteiger partial charge in [0.05, 0.1) is 6.20 Å². The zero-order valence-corrected chi connectivity index (χ0v) is 9.97. The van der Waals surface area contributed by atoms with Gasteiger partial charge in [-0.25, -0.2) is 9.78 Å². The Bertz CT molecular complexity index is 336. The fourth-order valence-corrected chi connectivity index (χ4v) is 2.18. The van der Waals surface area contributed by atoms with Crippen molar-refractivity contribution in [1.29, 1.82) is 0 Å². The molecule has 0 amide bonds. The summed E-state index contributed by atoms with van der Waals surface area (Å²) in [5.74, 6) is -0.302. The largest absolute Gasteiger partial charge is 0.477 e. The minimum Gasteiger partial charge on any atom is -0.477 e. The lowest BCUT2D eigenvalue weighted by Crippen LogP contribution is -2.17. The van der Waals surface area contributed by atoms with Crippen molar-refractivity contribution in [3.8, 4) is 0 Å². The number of rotatable bonds is 5. The minimum absolute atomic E-state index is 0.272. The van der Waals surface area contributed by atoms with Gasteiger partial charge < -0.3 is 10.4 Å². The molecule has 0 radical (unpaired) electrons. The second-order valence-electron chi connectivity index (χ2n) is 4.01. The summed E-state index contributed by atoms with van der Waals surface area (Å²) in [5, 5.41) is 12.6. The first-order chi connectivity index (χ1) is 6.99. The molecule has 84 valence electrons. The molecule has 0 aliphatic rings. The van der Waals surface area contributed by atoms with Gasteiger partial charge in [-0.15, -0.1) is 0 Å². The van der Waals surface area contributed by atoms with Gasteiger partial charge in [0.2, 0.25) is 0 Å². The molecule has 0 saturated heterocycles. The summed E-state index contributed by atoms with van der Waals surface area (Å²) < 4.78 is 0. The van der Waals surface area contributed by atoms with Gasteiger partial charge >= 0.3 is 5.97 Å². The zero-order valence-electron chi connectivity index (χ0n) is 9.15. The van der Waals surface area contributed by atoms with Crippen molar-refractivity contribution in [2.24, 2.45) is 5.92 Å². The molecular formula is C10H16N2O2S. The first kappa shape index (κ1) is 12.0. The molecular weight excluding hydrogens is 212 g/mol. The third-order valence-corrected chi connectivity index (χ3v) is 2.83. The maximum absolute atomic E-state index is 10.6. The van der Waals surface area contributed by atoms with Crippen LogP contribution in [0.5, 0.6) is 0 Å². The molecule has 2 N–H and O–H groups in total. The highest BCUT2D eigenvalue weighted by Crippen LogP contribution is 2.20. The van der Waals surface area contributed by atoms with Gasteiger partial charge in [-0.05, 0) is 19.3 Å². The normalized spacial score (nSPS) is 12.8. The summed E-state index contributed by atoms with van der Waals surface area (Å²) in [6.45, 7) is 6.38. The fourth-order valence-electron chi connectivity index (χ4n) is 1.42. The molecule has 5 heteroatoms. The summed E-state index contributed by atoms with van der Waals surface area (Å²) in [5.41, 5.74) is 0. The number of hydrogen-bond acceptors (Lipinski definition) is 4. The van der Waals surface area contributed by atoms with E-state index in [0.29, 0.717) is 17.1 Å². The first-order valence-electron chi connectivity index (χ1n) is 4.94. The van der Waals surface area contributed by atoms with Crippen molar-refractivity contribution in [3.63, 3.8) is 0 Å². The topological polar surface area (TPSA) is 62.2 Å². The number of thiazole rings is 1. The van der Waals surface area contributed by atoms with Crippen molar-refractivity contribution in [1.82, 2.24) is 4.98 Å². The van der Waals surface area contributed by atoms with Crippen molar-refractivity contribution in [2.45, 2.75) is 33.2 Å². The van der Waals surface area contributed by atoms with Crippen molar-refractivity contribution >= 4 is 22.4 Å². The van der Waals surface area contributed by atoms with Gasteiger partial charge in [0.1, 0.15) is 4.88 Å². The fraction of sp³-hybridized carbons (Fsp3) is 0.600. The van der Waals surface area contributed by atoms with E-state index in [-0.39, 0.29) is 4.88 Å². The smallest absolute Gasteiger partial charge is 0.347 e. The highest BCUT2D eigenvalue weighted by atomic mass is 32.1. The molecule has 0 aliphatic carbocycles. The molecule has 1 aromatic rings. The van der Waals surface area contributed by atoms with E-state index >= 15 is 0 Å². The second-order valence-corrected chi connectivity index (χ2v) is 5.04. The Morgan fingerprint density at radius 2 is 2.27 bits per heavy atom. The minimum atomic E-state index is -0.919. The van der Waals surface area contributed by atoms with E-state index in [9.17, 15) is 4.79 Å². The third kappa shape index (κ3) is 3.87. The van der Waals surface area contributed by atoms with Gasteiger partial charge in [-0.1, -0.05) is 25.2 Å². The van der Waals surface area contributed by atoms with E-state index < -0.39 is 5.97 Å². The van der Waals surface area contributed by atoms with E-state index in [2.05, 4.69) is 31.1 Å². The van der Waals surface area contributed by atoms with Gasteiger partial charge in [0, 0.05) is 6.04 Å². The van der Waals surface area contributed by atoms with E-state index in [1.165, 1.54) is 17.5 Å². The summed E-state index contributed by atoms with van der Waals surface area (Å²) in [7, 11) is 0. The van der Waals surface area contributed by atoms with Crippen LogP contribution >= 0.6 is 11.3 Å². The summed E-state index contributed by atoms with van der Waals surface area (Å²) in [4.78, 5) is 14.9. The van der Waals surface area contributed by atoms with E-state index in [1.54, 1.807) is 0 Å². The maximum atomic E-state index is 10.6. The molecule has 0 bridgehead atoms.